The van der Waals surface area contributed by atoms with Gasteiger partial charge in [0.2, 0.25) is 5.60 Å². The smallest absolute Gasteiger partial charge is 0.330 e. The average molecular weight is 331 g/mol. The molecule has 5 atom stereocenters. The molecule has 2 heterocycles. The number of halogens is 1. The number of aromatic nitrogens is 2. The number of hydrogen-bond donors (Lipinski definition) is 4. The van der Waals surface area contributed by atoms with Gasteiger partial charge < -0.3 is 20.1 Å². The Hall–Kier alpha value is -1.63. The van der Waals surface area contributed by atoms with Crippen LogP contribution in [0.5, 0.6) is 0 Å². The van der Waals surface area contributed by atoms with Crippen LogP contribution in [0.15, 0.2) is 15.7 Å². The summed E-state index contributed by atoms with van der Waals surface area (Å²) < 4.78 is 6.36. The van der Waals surface area contributed by atoms with Gasteiger partial charge in [0, 0.05) is 17.1 Å². The number of nitrogens with one attached hydrogen (secondary N) is 1. The molecule has 1 aromatic rings. The number of aromatic amines is 1. The number of ether oxygens (including phenoxy) is 1. The molecule has 4 N–H and O–H groups in total. The molecule has 120 valence electrons. The van der Waals surface area contributed by atoms with Gasteiger partial charge in [0.1, 0.15) is 12.2 Å². The molecule has 0 radical (unpaired) electrons. The quantitative estimate of drug-likeness (QED) is 0.485. The van der Waals surface area contributed by atoms with Crippen LogP contribution in [0.2, 0.25) is 0 Å². The highest BCUT2D eigenvalue weighted by Gasteiger charge is 2.57. The fourth-order valence-corrected chi connectivity index (χ4v) is 2.63. The molecule has 9 heteroatoms. The van der Waals surface area contributed by atoms with E-state index in [0.717, 1.165) is 10.6 Å². The van der Waals surface area contributed by atoms with Crippen molar-refractivity contribution in [1.82, 2.24) is 9.55 Å². The van der Waals surface area contributed by atoms with Crippen molar-refractivity contribution in [2.75, 3.05) is 0 Å². The number of hydrogen-bond acceptors (Lipinski definition) is 6. The molecule has 0 spiro atoms. The molecule has 22 heavy (non-hydrogen) atoms. The van der Waals surface area contributed by atoms with E-state index in [2.05, 4.69) is 5.92 Å². The van der Waals surface area contributed by atoms with E-state index in [1.54, 1.807) is 0 Å². The predicted octanol–water partition coefficient (Wildman–Crippen LogP) is -1.59. The summed E-state index contributed by atoms with van der Waals surface area (Å²) in [5.41, 5.74) is -3.50. The van der Waals surface area contributed by atoms with Crippen molar-refractivity contribution < 1.29 is 20.1 Å². The standard InChI is InChI=1S/C13H15ClN2O6/c1-6-5-8(18)15-12(20)16(6)11-13(21,3-4-14)10(19)9(22-11)7(2)17/h5,7,9-11,17,19,21H,1-2H3,(H,15,18,20)/t7-,9-,10?,11-,13?/m1/s1. The third-order valence-electron chi connectivity index (χ3n) is 3.55. The number of aliphatic hydroxyl groups is 3. The lowest BCUT2D eigenvalue weighted by Crippen LogP contribution is -2.49. The molecule has 1 aliphatic rings. The molecule has 1 aromatic heterocycles. The zero-order chi connectivity index (χ0) is 16.7. The SMILES string of the molecule is Cc1cc(=O)[nH]c(=O)n1[C@@H]1O[C@H]([C@@H](C)O)C(O)C1(O)C#CCl. The van der Waals surface area contributed by atoms with Gasteiger partial charge in [-0.3, -0.25) is 14.3 Å². The molecule has 2 rings (SSSR count). The Balaban J connectivity index is 2.64. The van der Waals surface area contributed by atoms with Crippen molar-refractivity contribution in [3.8, 4) is 11.3 Å². The Labute approximate surface area is 129 Å². The maximum atomic E-state index is 12.0. The summed E-state index contributed by atoms with van der Waals surface area (Å²) in [5, 5.41) is 32.4. The topological polar surface area (TPSA) is 125 Å². The second-order valence-corrected chi connectivity index (χ2v) is 5.32. The van der Waals surface area contributed by atoms with Gasteiger partial charge in [0.05, 0.1) is 6.10 Å². The number of aliphatic hydroxyl groups excluding tert-OH is 2. The lowest BCUT2D eigenvalue weighted by Gasteiger charge is -2.27. The molecule has 0 saturated carbocycles. The van der Waals surface area contributed by atoms with Crippen LogP contribution in [0.25, 0.3) is 0 Å². The second kappa shape index (κ2) is 5.87. The zero-order valence-corrected chi connectivity index (χ0v) is 12.5. The molecule has 1 aliphatic heterocycles. The predicted molar refractivity (Wildman–Crippen MR) is 76.2 cm³/mol. The van der Waals surface area contributed by atoms with Crippen molar-refractivity contribution in [1.29, 1.82) is 0 Å². The van der Waals surface area contributed by atoms with Crippen LogP contribution in [0.3, 0.4) is 0 Å². The van der Waals surface area contributed by atoms with E-state index in [1.165, 1.54) is 13.8 Å². The Kier molecular flexibility index (Phi) is 4.47. The third-order valence-corrected chi connectivity index (χ3v) is 3.65. The molecule has 0 aliphatic carbocycles. The van der Waals surface area contributed by atoms with Gasteiger partial charge in [0.25, 0.3) is 5.56 Å². The summed E-state index contributed by atoms with van der Waals surface area (Å²) in [6, 6.07) is 1.13. The summed E-state index contributed by atoms with van der Waals surface area (Å²) in [6.07, 6.45) is -5.38. The zero-order valence-electron chi connectivity index (χ0n) is 11.8. The normalized spacial score (nSPS) is 32.4. The van der Waals surface area contributed by atoms with E-state index in [-0.39, 0.29) is 5.69 Å². The first-order valence-corrected chi connectivity index (χ1v) is 6.79. The van der Waals surface area contributed by atoms with Gasteiger partial charge in [-0.05, 0) is 31.4 Å². The van der Waals surface area contributed by atoms with E-state index >= 15 is 0 Å². The molecule has 2 unspecified atom stereocenters. The molecule has 1 saturated heterocycles. The van der Waals surface area contributed by atoms with Crippen LogP contribution in [0.4, 0.5) is 0 Å². The van der Waals surface area contributed by atoms with Gasteiger partial charge in [-0.1, -0.05) is 0 Å². The van der Waals surface area contributed by atoms with Crippen LogP contribution in [-0.4, -0.2) is 48.8 Å². The maximum absolute atomic E-state index is 12.0. The number of aryl methyl sites for hydroxylation is 1. The summed E-state index contributed by atoms with van der Waals surface area (Å²) in [4.78, 5) is 25.3. The number of rotatable bonds is 2. The molecule has 0 bridgehead atoms. The van der Waals surface area contributed by atoms with E-state index in [1.807, 2.05) is 10.4 Å². The highest BCUT2D eigenvalue weighted by atomic mass is 35.5. The average Bonchev–Trinajstić information content (AvgIpc) is 2.63. The van der Waals surface area contributed by atoms with E-state index in [0.29, 0.717) is 0 Å². The van der Waals surface area contributed by atoms with Crippen molar-refractivity contribution in [3.63, 3.8) is 0 Å². The first-order chi connectivity index (χ1) is 10.2. The first kappa shape index (κ1) is 16.7. The van der Waals surface area contributed by atoms with Crippen molar-refractivity contribution >= 4 is 11.6 Å². The lowest BCUT2D eigenvalue weighted by molar-refractivity contribution is -0.0892. The van der Waals surface area contributed by atoms with Crippen LogP contribution in [0, 0.1) is 18.2 Å². The van der Waals surface area contributed by atoms with Gasteiger partial charge >= 0.3 is 5.69 Å². The number of H-pyrrole nitrogens is 1. The highest BCUT2D eigenvalue weighted by molar-refractivity contribution is 6.30. The van der Waals surface area contributed by atoms with Gasteiger partial charge in [-0.2, -0.15) is 0 Å². The minimum atomic E-state index is -2.23. The van der Waals surface area contributed by atoms with Crippen LogP contribution >= 0.6 is 11.6 Å². The molecule has 0 aromatic carbocycles. The second-order valence-electron chi connectivity index (χ2n) is 5.13. The van der Waals surface area contributed by atoms with E-state index in [9.17, 15) is 24.9 Å². The van der Waals surface area contributed by atoms with Gasteiger partial charge in [-0.25, -0.2) is 4.79 Å². The van der Waals surface area contributed by atoms with Crippen LogP contribution < -0.4 is 11.2 Å². The molecule has 1 fully saturated rings. The largest absolute Gasteiger partial charge is 0.391 e. The molecule has 8 nitrogen and oxygen atoms in total. The van der Waals surface area contributed by atoms with Crippen molar-refractivity contribution in [3.05, 3.63) is 32.6 Å². The fourth-order valence-electron chi connectivity index (χ4n) is 2.48. The summed E-state index contributed by atoms with van der Waals surface area (Å²) in [5.74, 6) is 2.21. The summed E-state index contributed by atoms with van der Waals surface area (Å²) >= 11 is 5.33. The molecular weight excluding hydrogens is 316 g/mol. The summed E-state index contributed by atoms with van der Waals surface area (Å²) in [6.45, 7) is 2.81. The Morgan fingerprint density at radius 3 is 2.68 bits per heavy atom. The van der Waals surface area contributed by atoms with Crippen molar-refractivity contribution in [2.45, 2.75) is 44.0 Å². The maximum Gasteiger partial charge on any atom is 0.330 e. The first-order valence-electron chi connectivity index (χ1n) is 6.41. The summed E-state index contributed by atoms with van der Waals surface area (Å²) in [7, 11) is 0. The van der Waals surface area contributed by atoms with Crippen LogP contribution in [0.1, 0.15) is 18.8 Å². The lowest BCUT2D eigenvalue weighted by atomic mass is 9.93. The number of nitrogens with zero attached hydrogens (tertiary/aromatic N) is 1. The Bertz CT molecular complexity index is 745. The monoisotopic (exact) mass is 330 g/mol. The van der Waals surface area contributed by atoms with E-state index < -0.39 is 41.4 Å². The minimum absolute atomic E-state index is 0.187. The van der Waals surface area contributed by atoms with Crippen molar-refractivity contribution in [2.24, 2.45) is 0 Å². The minimum Gasteiger partial charge on any atom is -0.391 e. The molecular formula is C13H15ClN2O6. The highest BCUT2D eigenvalue weighted by Crippen LogP contribution is 2.39. The fraction of sp³-hybridized carbons (Fsp3) is 0.538. The van der Waals surface area contributed by atoms with Gasteiger partial charge in [0.15, 0.2) is 6.23 Å². The third kappa shape index (κ3) is 2.58. The Morgan fingerprint density at radius 2 is 2.18 bits per heavy atom. The Morgan fingerprint density at radius 1 is 1.55 bits per heavy atom. The van der Waals surface area contributed by atoms with Gasteiger partial charge in [-0.15, -0.1) is 0 Å². The van der Waals surface area contributed by atoms with Crippen LogP contribution in [-0.2, 0) is 4.74 Å². The van der Waals surface area contributed by atoms with E-state index in [4.69, 9.17) is 16.3 Å². The molecule has 0 amide bonds.